The molecule has 0 heterocycles. The van der Waals surface area contributed by atoms with Crippen molar-refractivity contribution in [3.8, 4) is 0 Å². The highest BCUT2D eigenvalue weighted by molar-refractivity contribution is 6.01. The van der Waals surface area contributed by atoms with E-state index in [4.69, 9.17) is 10.9 Å². The summed E-state index contributed by atoms with van der Waals surface area (Å²) in [4.78, 5) is 12.1. The number of nitrogens with zero attached hydrogens (tertiary/aromatic N) is 1. The van der Waals surface area contributed by atoms with Crippen LogP contribution < -0.4 is 11.1 Å². The van der Waals surface area contributed by atoms with Gasteiger partial charge in [-0.3, -0.25) is 4.79 Å². The maximum Gasteiger partial charge on any atom is 0.231 e. The van der Waals surface area contributed by atoms with Gasteiger partial charge in [-0.05, 0) is 37.0 Å². The highest BCUT2D eigenvalue weighted by Gasteiger charge is 2.22. The van der Waals surface area contributed by atoms with Crippen LogP contribution in [-0.4, -0.2) is 17.0 Å². The largest absolute Gasteiger partial charge is 0.409 e. The van der Waals surface area contributed by atoms with Crippen molar-refractivity contribution in [2.45, 2.75) is 40.2 Å². The molecule has 1 aromatic carbocycles. The summed E-state index contributed by atoms with van der Waals surface area (Å²) in [6.45, 7) is 5.56. The zero-order valence-corrected chi connectivity index (χ0v) is 12.6. The van der Waals surface area contributed by atoms with Crippen LogP contribution in [0.15, 0.2) is 17.3 Å². The second-order valence-corrected chi connectivity index (χ2v) is 5.13. The molecule has 0 saturated heterocycles. The molecule has 116 valence electrons. The van der Waals surface area contributed by atoms with Gasteiger partial charge in [0.05, 0.1) is 5.92 Å². The van der Waals surface area contributed by atoms with Gasteiger partial charge in [-0.15, -0.1) is 0 Å². The zero-order valence-electron chi connectivity index (χ0n) is 12.6. The molecule has 0 aliphatic carbocycles. The topological polar surface area (TPSA) is 87.7 Å². The summed E-state index contributed by atoms with van der Waals surface area (Å²) in [5, 5.41) is 14.4. The normalized spacial score (nSPS) is 13.0. The van der Waals surface area contributed by atoms with Crippen molar-refractivity contribution in [2.75, 3.05) is 0 Å². The molecule has 1 rings (SSSR count). The van der Waals surface area contributed by atoms with Gasteiger partial charge in [-0.2, -0.15) is 0 Å². The third kappa shape index (κ3) is 4.44. The third-order valence-electron chi connectivity index (χ3n) is 3.33. The standard InChI is InChI=1S/C15H22FN3O2/c1-4-5-12(14(17)19-21)15(20)18-8-11-6-9(2)13(16)10(3)7-11/h6-7,12,21H,4-5,8H2,1-3H3,(H2,17,19)(H,18,20). The van der Waals surface area contributed by atoms with E-state index in [-0.39, 0.29) is 24.1 Å². The number of hydrogen-bond acceptors (Lipinski definition) is 3. The first kappa shape index (κ1) is 16.9. The van der Waals surface area contributed by atoms with Crippen molar-refractivity contribution in [1.29, 1.82) is 0 Å². The molecule has 1 aromatic rings. The number of aryl methyl sites for hydroxylation is 2. The Kier molecular flexibility index (Phi) is 6.14. The second-order valence-electron chi connectivity index (χ2n) is 5.13. The van der Waals surface area contributed by atoms with Crippen LogP contribution in [-0.2, 0) is 11.3 Å². The molecular weight excluding hydrogens is 273 g/mol. The number of carbonyl (C=O) groups is 1. The van der Waals surface area contributed by atoms with Gasteiger partial charge in [-0.25, -0.2) is 4.39 Å². The minimum Gasteiger partial charge on any atom is -0.409 e. The first-order chi connectivity index (χ1) is 9.90. The Hall–Kier alpha value is -2.11. The van der Waals surface area contributed by atoms with Gasteiger partial charge < -0.3 is 16.3 Å². The predicted octanol–water partition coefficient (Wildman–Crippen LogP) is 2.22. The van der Waals surface area contributed by atoms with Crippen LogP contribution in [0, 0.1) is 25.6 Å². The van der Waals surface area contributed by atoms with E-state index in [0.29, 0.717) is 17.5 Å². The lowest BCUT2D eigenvalue weighted by atomic mass is 10.0. The summed E-state index contributed by atoms with van der Waals surface area (Å²) in [6.07, 6.45) is 1.24. The van der Waals surface area contributed by atoms with E-state index in [1.165, 1.54) is 0 Å². The molecular formula is C15H22FN3O2. The van der Waals surface area contributed by atoms with Gasteiger partial charge >= 0.3 is 0 Å². The predicted molar refractivity (Wildman–Crippen MR) is 79.5 cm³/mol. The van der Waals surface area contributed by atoms with Crippen molar-refractivity contribution in [2.24, 2.45) is 16.8 Å². The van der Waals surface area contributed by atoms with Crippen molar-refractivity contribution >= 4 is 11.7 Å². The first-order valence-corrected chi connectivity index (χ1v) is 6.91. The van der Waals surface area contributed by atoms with Gasteiger partial charge in [0, 0.05) is 6.54 Å². The third-order valence-corrected chi connectivity index (χ3v) is 3.33. The summed E-state index contributed by atoms with van der Waals surface area (Å²) >= 11 is 0. The average Bonchev–Trinajstić information content (AvgIpc) is 2.46. The Morgan fingerprint density at radius 2 is 2.00 bits per heavy atom. The summed E-state index contributed by atoms with van der Waals surface area (Å²) < 4.78 is 13.5. The number of oxime groups is 1. The number of halogens is 1. The van der Waals surface area contributed by atoms with Crippen LogP contribution in [0.25, 0.3) is 0 Å². The molecule has 1 amide bonds. The van der Waals surface area contributed by atoms with Gasteiger partial charge in [0.1, 0.15) is 5.82 Å². The minimum absolute atomic E-state index is 0.0965. The molecule has 0 spiro atoms. The maximum absolute atomic E-state index is 13.5. The van der Waals surface area contributed by atoms with E-state index in [1.807, 2.05) is 6.92 Å². The molecule has 6 heteroatoms. The SMILES string of the molecule is CCCC(C(=O)NCc1cc(C)c(F)c(C)c1)/C(N)=N/O. The molecule has 0 radical (unpaired) electrons. The second kappa shape index (κ2) is 7.61. The number of benzene rings is 1. The van der Waals surface area contributed by atoms with Gasteiger partial charge in [0.15, 0.2) is 5.84 Å². The monoisotopic (exact) mass is 295 g/mol. The summed E-state index contributed by atoms with van der Waals surface area (Å²) in [6, 6.07) is 3.39. The first-order valence-electron chi connectivity index (χ1n) is 6.91. The molecule has 4 N–H and O–H groups in total. The van der Waals surface area contributed by atoms with Gasteiger partial charge in [0.25, 0.3) is 0 Å². The Morgan fingerprint density at radius 1 is 1.43 bits per heavy atom. The fourth-order valence-electron chi connectivity index (χ4n) is 2.22. The van der Waals surface area contributed by atoms with E-state index < -0.39 is 5.92 Å². The molecule has 1 unspecified atom stereocenters. The molecule has 0 saturated carbocycles. The Labute approximate surface area is 124 Å². The van der Waals surface area contributed by atoms with E-state index in [9.17, 15) is 9.18 Å². The summed E-state index contributed by atoms with van der Waals surface area (Å²) in [7, 11) is 0. The van der Waals surface area contributed by atoms with Crippen LogP contribution in [0.5, 0.6) is 0 Å². The van der Waals surface area contributed by atoms with Gasteiger partial charge in [0.2, 0.25) is 5.91 Å². The number of hydrogen-bond donors (Lipinski definition) is 3. The molecule has 0 aliphatic rings. The number of carbonyl (C=O) groups excluding carboxylic acids is 1. The van der Waals surface area contributed by atoms with Crippen LogP contribution in [0.2, 0.25) is 0 Å². The highest BCUT2D eigenvalue weighted by Crippen LogP contribution is 2.15. The number of nitrogens with one attached hydrogen (secondary N) is 1. The zero-order chi connectivity index (χ0) is 16.0. The van der Waals surface area contributed by atoms with E-state index in [2.05, 4.69) is 10.5 Å². The number of nitrogens with two attached hydrogens (primary N) is 1. The molecule has 0 fully saturated rings. The Bertz CT molecular complexity index is 521. The minimum atomic E-state index is -0.650. The molecule has 0 aromatic heterocycles. The molecule has 0 aliphatic heterocycles. The molecule has 1 atom stereocenters. The van der Waals surface area contributed by atoms with Crippen LogP contribution in [0.3, 0.4) is 0 Å². The van der Waals surface area contributed by atoms with Crippen LogP contribution in [0.4, 0.5) is 4.39 Å². The fourth-order valence-corrected chi connectivity index (χ4v) is 2.22. The smallest absolute Gasteiger partial charge is 0.231 e. The highest BCUT2D eigenvalue weighted by atomic mass is 19.1. The average molecular weight is 295 g/mol. The van der Waals surface area contributed by atoms with E-state index in [1.54, 1.807) is 26.0 Å². The van der Waals surface area contributed by atoms with Gasteiger partial charge in [-0.1, -0.05) is 30.6 Å². The number of amidine groups is 1. The summed E-state index contributed by atoms with van der Waals surface area (Å²) in [5.41, 5.74) is 7.43. The molecule has 21 heavy (non-hydrogen) atoms. The van der Waals surface area contributed by atoms with Crippen molar-refractivity contribution in [1.82, 2.24) is 5.32 Å². The number of amides is 1. The number of rotatable bonds is 6. The lowest BCUT2D eigenvalue weighted by molar-refractivity contribution is -0.123. The van der Waals surface area contributed by atoms with Crippen molar-refractivity contribution in [3.05, 3.63) is 34.6 Å². The lowest BCUT2D eigenvalue weighted by Crippen LogP contribution is -2.38. The Morgan fingerprint density at radius 3 is 2.48 bits per heavy atom. The maximum atomic E-state index is 13.5. The van der Waals surface area contributed by atoms with Crippen LogP contribution in [0.1, 0.15) is 36.5 Å². The molecule has 0 bridgehead atoms. The molecule has 5 nitrogen and oxygen atoms in total. The van der Waals surface area contributed by atoms with Crippen molar-refractivity contribution < 1.29 is 14.4 Å². The van der Waals surface area contributed by atoms with Crippen molar-refractivity contribution in [3.63, 3.8) is 0 Å². The van der Waals surface area contributed by atoms with Crippen LogP contribution >= 0.6 is 0 Å². The fraction of sp³-hybridized carbons (Fsp3) is 0.467. The summed E-state index contributed by atoms with van der Waals surface area (Å²) in [5.74, 6) is -1.28. The van der Waals surface area contributed by atoms with E-state index in [0.717, 1.165) is 12.0 Å². The quantitative estimate of drug-likeness (QED) is 0.325. The lowest BCUT2D eigenvalue weighted by Gasteiger charge is -2.15. The van der Waals surface area contributed by atoms with E-state index >= 15 is 0 Å². The Balaban J connectivity index is 2.75.